The normalized spacial score (nSPS) is 10.9. The molecule has 88 valence electrons. The summed E-state index contributed by atoms with van der Waals surface area (Å²) in [6.07, 6.45) is 5.68. The van der Waals surface area contributed by atoms with Crippen LogP contribution in [0.3, 0.4) is 0 Å². The second kappa shape index (κ2) is 5.01. The second-order valence-electron chi connectivity index (χ2n) is 2.82. The van der Waals surface area contributed by atoms with Gasteiger partial charge in [0.1, 0.15) is 11.9 Å². The van der Waals surface area contributed by atoms with Gasteiger partial charge in [0, 0.05) is 6.07 Å². The minimum Gasteiger partial charge on any atom is -0.726 e. The van der Waals surface area contributed by atoms with Gasteiger partial charge in [-0.05, 0) is 6.92 Å². The van der Waals surface area contributed by atoms with Gasteiger partial charge in [-0.2, -0.15) is 0 Å². The van der Waals surface area contributed by atoms with Crippen LogP contribution in [0.1, 0.15) is 5.69 Å². The molecule has 0 atom stereocenters. The molecule has 0 aliphatic carbocycles. The lowest BCUT2D eigenvalue weighted by Gasteiger charge is -1.98. The summed E-state index contributed by atoms with van der Waals surface area (Å²) >= 11 is 0. The number of imidazole rings is 1. The Bertz CT molecular complexity index is 563. The molecule has 16 heavy (non-hydrogen) atoms. The number of hydrogen-bond acceptors (Lipinski definition) is 5. The minimum atomic E-state index is -4.41. The quantitative estimate of drug-likeness (QED) is 0.416. The summed E-state index contributed by atoms with van der Waals surface area (Å²) in [6.45, 7) is 2.03. The molecular formula is C8H11N3O4S. The van der Waals surface area contributed by atoms with E-state index >= 15 is 0 Å². The maximum Gasteiger partial charge on any atom is 0.400 e. The van der Waals surface area contributed by atoms with Gasteiger partial charge in [-0.25, -0.2) is 17.8 Å². The van der Waals surface area contributed by atoms with Gasteiger partial charge in [-0.15, -0.1) is 0 Å². The molecule has 1 N–H and O–H groups in total. The smallest absolute Gasteiger partial charge is 0.400 e. The third kappa shape index (κ3) is 3.57. The Morgan fingerprint density at radius 1 is 1.56 bits per heavy atom. The maximum atomic E-state index is 9.22. The first kappa shape index (κ1) is 12.6. The molecule has 0 aromatic carbocycles. The summed E-state index contributed by atoms with van der Waals surface area (Å²) in [5, 5.41) is 0. The first-order valence-corrected chi connectivity index (χ1v) is 5.59. The molecule has 0 bridgehead atoms. The standard InChI is InChI=1S/C7H7N3.CH4O4S/c1-6-5-9-7-8-3-2-4-10(6)7;1-5-6(2,3)4/h2-5H,1H3;1H3,(H,2,3,4). The van der Waals surface area contributed by atoms with E-state index in [-0.39, 0.29) is 0 Å². The summed E-state index contributed by atoms with van der Waals surface area (Å²) in [7, 11) is -3.60. The highest BCUT2D eigenvalue weighted by Crippen LogP contribution is 1.89. The summed E-state index contributed by atoms with van der Waals surface area (Å²) < 4.78 is 33.0. The monoisotopic (exact) mass is 245 g/mol. The number of aromatic nitrogens is 3. The van der Waals surface area contributed by atoms with Gasteiger partial charge in [-0.3, -0.25) is 4.18 Å². The predicted molar refractivity (Wildman–Crippen MR) is 53.2 cm³/mol. The zero-order chi connectivity index (χ0) is 12.2. The fraction of sp³-hybridized carbons (Fsp3) is 0.250. The molecule has 0 fully saturated rings. The Kier molecular flexibility index (Phi) is 3.93. The summed E-state index contributed by atoms with van der Waals surface area (Å²) in [6, 6.07) is 1.91. The zero-order valence-corrected chi connectivity index (χ0v) is 9.56. The first-order chi connectivity index (χ1) is 7.44. The van der Waals surface area contributed by atoms with Crippen LogP contribution in [0.5, 0.6) is 0 Å². The van der Waals surface area contributed by atoms with E-state index in [0.29, 0.717) is 0 Å². The van der Waals surface area contributed by atoms with E-state index in [0.717, 1.165) is 12.9 Å². The number of fused-ring (bicyclic) bond motifs is 1. The van der Waals surface area contributed by atoms with Gasteiger partial charge in [0.15, 0.2) is 0 Å². The molecule has 0 aliphatic heterocycles. The molecule has 0 spiro atoms. The second-order valence-corrected chi connectivity index (χ2v) is 3.97. The van der Waals surface area contributed by atoms with Crippen LogP contribution >= 0.6 is 0 Å². The van der Waals surface area contributed by atoms with Crippen LogP contribution in [-0.2, 0) is 14.6 Å². The molecule has 7 nitrogen and oxygen atoms in total. The van der Waals surface area contributed by atoms with Gasteiger partial charge >= 0.3 is 5.78 Å². The molecule has 2 aromatic heterocycles. The van der Waals surface area contributed by atoms with E-state index in [4.69, 9.17) is 0 Å². The predicted octanol–water partition coefficient (Wildman–Crippen LogP) is -0.450. The molecule has 0 amide bonds. The van der Waals surface area contributed by atoms with Crippen LogP contribution in [0.25, 0.3) is 5.78 Å². The molecule has 0 aliphatic rings. The Labute approximate surface area is 92.7 Å². The SMILES string of the molecule is COS(=O)(=O)[O-].Cc1c[nH]c2nccc[n+]12. The lowest BCUT2D eigenvalue weighted by Crippen LogP contribution is -2.22. The van der Waals surface area contributed by atoms with Crippen LogP contribution < -0.4 is 4.40 Å². The van der Waals surface area contributed by atoms with Crippen molar-refractivity contribution < 1.29 is 21.6 Å². The van der Waals surface area contributed by atoms with Gasteiger partial charge in [0.25, 0.3) is 0 Å². The van der Waals surface area contributed by atoms with Crippen molar-refractivity contribution in [2.45, 2.75) is 6.92 Å². The highest BCUT2D eigenvalue weighted by atomic mass is 32.3. The Morgan fingerprint density at radius 2 is 2.19 bits per heavy atom. The van der Waals surface area contributed by atoms with Gasteiger partial charge in [0.2, 0.25) is 10.4 Å². The van der Waals surface area contributed by atoms with Crippen LogP contribution in [0, 0.1) is 6.92 Å². The highest BCUT2D eigenvalue weighted by Gasteiger charge is 2.03. The number of aromatic amines is 1. The number of rotatable bonds is 1. The number of nitrogens with zero attached hydrogens (tertiary/aromatic N) is 2. The van der Waals surface area contributed by atoms with Crippen LogP contribution in [-0.4, -0.2) is 30.0 Å². The van der Waals surface area contributed by atoms with E-state index in [1.807, 2.05) is 29.8 Å². The summed E-state index contributed by atoms with van der Waals surface area (Å²) in [5.41, 5.74) is 1.17. The largest absolute Gasteiger partial charge is 0.726 e. The highest BCUT2D eigenvalue weighted by molar-refractivity contribution is 7.80. The van der Waals surface area contributed by atoms with Crippen LogP contribution in [0.4, 0.5) is 0 Å². The van der Waals surface area contributed by atoms with E-state index in [9.17, 15) is 13.0 Å². The molecule has 2 aromatic rings. The summed E-state index contributed by atoms with van der Waals surface area (Å²) in [5.74, 6) is 0.889. The van der Waals surface area contributed by atoms with Gasteiger partial charge < -0.3 is 4.55 Å². The van der Waals surface area contributed by atoms with Crippen molar-refractivity contribution in [3.63, 3.8) is 0 Å². The number of hydrogen-bond donors (Lipinski definition) is 1. The molecule has 0 unspecified atom stereocenters. The topological polar surface area (TPSA) is 99.2 Å². The van der Waals surface area contributed by atoms with Crippen molar-refractivity contribution in [3.8, 4) is 0 Å². The molecule has 8 heteroatoms. The number of nitrogens with one attached hydrogen (secondary N) is 1. The van der Waals surface area contributed by atoms with Crippen molar-refractivity contribution in [1.29, 1.82) is 0 Å². The minimum absolute atomic E-state index is 0.808. The average Bonchev–Trinajstić information content (AvgIpc) is 2.61. The Morgan fingerprint density at radius 3 is 2.69 bits per heavy atom. The van der Waals surface area contributed by atoms with E-state index < -0.39 is 10.4 Å². The van der Waals surface area contributed by atoms with Crippen molar-refractivity contribution in [3.05, 3.63) is 30.4 Å². The molecule has 0 saturated carbocycles. The third-order valence-corrected chi connectivity index (χ3v) is 2.15. The maximum absolute atomic E-state index is 9.22. The Balaban J connectivity index is 0.000000187. The van der Waals surface area contributed by atoms with Crippen molar-refractivity contribution >= 4 is 16.2 Å². The van der Waals surface area contributed by atoms with Crippen molar-refractivity contribution in [2.24, 2.45) is 0 Å². The molecule has 2 heterocycles. The summed E-state index contributed by atoms with van der Waals surface area (Å²) in [4.78, 5) is 7.15. The molecule has 2 rings (SSSR count). The zero-order valence-electron chi connectivity index (χ0n) is 8.75. The molecule has 0 radical (unpaired) electrons. The van der Waals surface area contributed by atoms with Crippen molar-refractivity contribution in [1.82, 2.24) is 9.97 Å². The van der Waals surface area contributed by atoms with Crippen LogP contribution in [0.2, 0.25) is 0 Å². The first-order valence-electron chi connectivity index (χ1n) is 4.26. The lowest BCUT2D eigenvalue weighted by atomic mass is 10.5. The third-order valence-electron chi connectivity index (χ3n) is 1.74. The van der Waals surface area contributed by atoms with Crippen molar-refractivity contribution in [2.75, 3.05) is 7.11 Å². The van der Waals surface area contributed by atoms with Gasteiger partial charge in [-0.1, -0.05) is 4.98 Å². The number of H-pyrrole nitrogens is 1. The number of aryl methyl sites for hydroxylation is 1. The van der Waals surface area contributed by atoms with E-state index in [1.54, 1.807) is 6.20 Å². The Hall–Kier alpha value is -1.51. The van der Waals surface area contributed by atoms with E-state index in [2.05, 4.69) is 14.2 Å². The van der Waals surface area contributed by atoms with Crippen LogP contribution in [0.15, 0.2) is 24.7 Å². The van der Waals surface area contributed by atoms with E-state index in [1.165, 1.54) is 5.69 Å². The molecular weight excluding hydrogens is 234 g/mol. The van der Waals surface area contributed by atoms with Gasteiger partial charge in [0.05, 0.1) is 19.5 Å². The molecule has 0 saturated heterocycles. The fourth-order valence-electron chi connectivity index (χ4n) is 1.00. The fourth-order valence-corrected chi connectivity index (χ4v) is 1.00. The lowest BCUT2D eigenvalue weighted by molar-refractivity contribution is -0.520. The average molecular weight is 245 g/mol.